The van der Waals surface area contributed by atoms with Crippen LogP contribution in [0, 0.1) is 0 Å². The van der Waals surface area contributed by atoms with E-state index in [0.29, 0.717) is 0 Å². The van der Waals surface area contributed by atoms with Gasteiger partial charge in [-0.1, -0.05) is 0 Å². The van der Waals surface area contributed by atoms with Gasteiger partial charge in [-0.05, 0) is 0 Å². The van der Waals surface area contributed by atoms with Gasteiger partial charge in [0.1, 0.15) is 13.3 Å². The van der Waals surface area contributed by atoms with Gasteiger partial charge in [0.05, 0.1) is 6.61 Å². The summed E-state index contributed by atoms with van der Waals surface area (Å²) in [7, 11) is 0. The standard InChI is InChI=1S/C5H7F5O/c6-1-2-11-3-5(9,10)4(7)8/h4H,1-3H2. The van der Waals surface area contributed by atoms with Crippen molar-refractivity contribution in [2.75, 3.05) is 19.9 Å². The molecule has 1 nitrogen and oxygen atoms in total. The zero-order valence-electron chi connectivity index (χ0n) is 5.50. The molecule has 0 saturated heterocycles. The summed E-state index contributed by atoms with van der Waals surface area (Å²) in [5.74, 6) is -4.17. The summed E-state index contributed by atoms with van der Waals surface area (Å²) in [6.07, 6.45) is -3.76. The number of rotatable bonds is 5. The normalized spacial score (nSPS) is 12.5. The van der Waals surface area contributed by atoms with Crippen LogP contribution in [0.15, 0.2) is 0 Å². The molecule has 0 amide bonds. The molecule has 0 aliphatic carbocycles. The van der Waals surface area contributed by atoms with E-state index >= 15 is 0 Å². The first kappa shape index (κ1) is 10.6. The summed E-state index contributed by atoms with van der Waals surface area (Å²) in [6, 6.07) is 0. The first-order valence-electron chi connectivity index (χ1n) is 2.80. The fourth-order valence-electron chi connectivity index (χ4n) is 0.326. The van der Waals surface area contributed by atoms with Gasteiger partial charge in [-0.15, -0.1) is 0 Å². The Labute approximate surface area is 60.1 Å². The van der Waals surface area contributed by atoms with Crippen molar-refractivity contribution in [3.63, 3.8) is 0 Å². The Morgan fingerprint density at radius 1 is 1.27 bits per heavy atom. The average Bonchev–Trinajstić information content (AvgIpc) is 1.88. The van der Waals surface area contributed by atoms with Crippen molar-refractivity contribution in [1.29, 1.82) is 0 Å². The molecule has 0 unspecified atom stereocenters. The van der Waals surface area contributed by atoms with E-state index in [9.17, 15) is 22.0 Å². The van der Waals surface area contributed by atoms with Crippen LogP contribution in [0.5, 0.6) is 0 Å². The summed E-state index contributed by atoms with van der Waals surface area (Å²) in [4.78, 5) is 0. The molecular formula is C5H7F5O. The monoisotopic (exact) mass is 178 g/mol. The molecule has 0 aliphatic rings. The Hall–Kier alpha value is -0.390. The lowest BCUT2D eigenvalue weighted by atomic mass is 10.4. The van der Waals surface area contributed by atoms with Crippen LogP contribution in [0.1, 0.15) is 0 Å². The highest BCUT2D eigenvalue weighted by atomic mass is 19.3. The molecular weight excluding hydrogens is 171 g/mol. The van der Waals surface area contributed by atoms with Gasteiger partial charge in [0.2, 0.25) is 0 Å². The summed E-state index contributed by atoms with van der Waals surface area (Å²) < 4.78 is 61.5. The lowest BCUT2D eigenvalue weighted by Gasteiger charge is -2.14. The maximum Gasteiger partial charge on any atom is 0.330 e. The maximum absolute atomic E-state index is 11.9. The van der Waals surface area contributed by atoms with Gasteiger partial charge in [-0.3, -0.25) is 0 Å². The Morgan fingerprint density at radius 2 is 1.82 bits per heavy atom. The molecule has 0 aromatic heterocycles. The molecule has 0 aromatic rings. The van der Waals surface area contributed by atoms with E-state index in [1.165, 1.54) is 0 Å². The van der Waals surface area contributed by atoms with Gasteiger partial charge < -0.3 is 4.74 Å². The van der Waals surface area contributed by atoms with Crippen LogP contribution in [-0.4, -0.2) is 32.2 Å². The van der Waals surface area contributed by atoms with Gasteiger partial charge in [-0.2, -0.15) is 8.78 Å². The second-order valence-electron chi connectivity index (χ2n) is 1.80. The van der Waals surface area contributed by atoms with E-state index in [2.05, 4.69) is 4.74 Å². The van der Waals surface area contributed by atoms with Gasteiger partial charge in [0.25, 0.3) is 0 Å². The molecule has 6 heteroatoms. The molecule has 0 fully saturated rings. The van der Waals surface area contributed by atoms with E-state index in [-0.39, 0.29) is 0 Å². The SMILES string of the molecule is FCCOCC(F)(F)C(F)F. The predicted molar refractivity (Wildman–Crippen MR) is 27.7 cm³/mol. The van der Waals surface area contributed by atoms with Gasteiger partial charge in [0, 0.05) is 0 Å². The molecule has 0 radical (unpaired) electrons. The second-order valence-corrected chi connectivity index (χ2v) is 1.80. The summed E-state index contributed by atoms with van der Waals surface area (Å²) in [5, 5.41) is 0. The Kier molecular flexibility index (Phi) is 4.32. The summed E-state index contributed by atoms with van der Waals surface area (Å²) in [6.45, 7) is -2.98. The van der Waals surface area contributed by atoms with Crippen LogP contribution in [0.3, 0.4) is 0 Å². The molecule has 0 aliphatic heterocycles. The molecule has 11 heavy (non-hydrogen) atoms. The zero-order chi connectivity index (χ0) is 8.91. The molecule has 0 bridgehead atoms. The van der Waals surface area contributed by atoms with Gasteiger partial charge >= 0.3 is 12.3 Å². The van der Waals surface area contributed by atoms with Crippen molar-refractivity contribution in [3.05, 3.63) is 0 Å². The predicted octanol–water partition coefficient (Wildman–Crippen LogP) is 1.87. The molecule has 0 N–H and O–H groups in total. The fourth-order valence-corrected chi connectivity index (χ4v) is 0.326. The number of hydrogen-bond donors (Lipinski definition) is 0. The first-order chi connectivity index (χ1) is 5.00. The quantitative estimate of drug-likeness (QED) is 0.461. The molecule has 0 saturated carbocycles. The number of hydrogen-bond acceptors (Lipinski definition) is 1. The van der Waals surface area contributed by atoms with Crippen molar-refractivity contribution in [3.8, 4) is 0 Å². The maximum atomic E-state index is 11.9. The van der Waals surface area contributed by atoms with Crippen LogP contribution >= 0.6 is 0 Å². The molecule has 0 heterocycles. The highest BCUT2D eigenvalue weighted by molar-refractivity contribution is 4.67. The van der Waals surface area contributed by atoms with Gasteiger partial charge in [0.15, 0.2) is 0 Å². The molecule has 68 valence electrons. The molecule has 0 rings (SSSR count). The van der Waals surface area contributed by atoms with E-state index in [1.807, 2.05) is 0 Å². The molecule has 0 aromatic carbocycles. The highest BCUT2D eigenvalue weighted by Gasteiger charge is 2.40. The molecule has 0 atom stereocenters. The van der Waals surface area contributed by atoms with E-state index in [0.717, 1.165) is 0 Å². The second kappa shape index (κ2) is 4.48. The minimum Gasteiger partial charge on any atom is -0.372 e. The van der Waals surface area contributed by atoms with Crippen molar-refractivity contribution < 1.29 is 26.7 Å². The van der Waals surface area contributed by atoms with E-state index in [1.54, 1.807) is 0 Å². The fraction of sp³-hybridized carbons (Fsp3) is 1.00. The van der Waals surface area contributed by atoms with Crippen LogP contribution in [0.4, 0.5) is 22.0 Å². The minimum atomic E-state index is -4.17. The smallest absolute Gasteiger partial charge is 0.330 e. The van der Waals surface area contributed by atoms with Crippen molar-refractivity contribution in [2.24, 2.45) is 0 Å². The highest BCUT2D eigenvalue weighted by Crippen LogP contribution is 2.22. The van der Waals surface area contributed by atoms with Crippen LogP contribution in [0.2, 0.25) is 0 Å². The van der Waals surface area contributed by atoms with Crippen molar-refractivity contribution in [1.82, 2.24) is 0 Å². The van der Waals surface area contributed by atoms with Crippen molar-refractivity contribution >= 4 is 0 Å². The Bertz CT molecular complexity index is 105. The first-order valence-corrected chi connectivity index (χ1v) is 2.80. The number of ether oxygens (including phenoxy) is 1. The van der Waals surface area contributed by atoms with Gasteiger partial charge in [-0.25, -0.2) is 13.2 Å². The topological polar surface area (TPSA) is 9.23 Å². The van der Waals surface area contributed by atoms with Crippen LogP contribution in [0.25, 0.3) is 0 Å². The van der Waals surface area contributed by atoms with Crippen molar-refractivity contribution in [2.45, 2.75) is 12.3 Å². The largest absolute Gasteiger partial charge is 0.372 e. The lowest BCUT2D eigenvalue weighted by Crippen LogP contribution is -2.32. The third-order valence-corrected chi connectivity index (χ3v) is 0.835. The minimum absolute atomic E-state index is 0.581. The summed E-state index contributed by atoms with van der Waals surface area (Å²) in [5.41, 5.74) is 0. The van der Waals surface area contributed by atoms with E-state index in [4.69, 9.17) is 0 Å². The third-order valence-electron chi connectivity index (χ3n) is 0.835. The van der Waals surface area contributed by atoms with Crippen LogP contribution < -0.4 is 0 Å². The summed E-state index contributed by atoms with van der Waals surface area (Å²) >= 11 is 0. The number of halogens is 5. The Balaban J connectivity index is 3.55. The average molecular weight is 178 g/mol. The zero-order valence-corrected chi connectivity index (χ0v) is 5.50. The molecule has 0 spiro atoms. The van der Waals surface area contributed by atoms with Crippen LogP contribution in [-0.2, 0) is 4.74 Å². The number of alkyl halides is 5. The van der Waals surface area contributed by atoms with E-state index < -0.39 is 32.2 Å². The Morgan fingerprint density at radius 3 is 2.18 bits per heavy atom. The lowest BCUT2D eigenvalue weighted by molar-refractivity contribution is -0.166. The third kappa shape index (κ3) is 4.13.